The van der Waals surface area contributed by atoms with E-state index in [1.165, 1.54) is 5.56 Å². The first kappa shape index (κ1) is 12.5. The van der Waals surface area contributed by atoms with E-state index in [1.807, 2.05) is 30.3 Å². The van der Waals surface area contributed by atoms with Crippen molar-refractivity contribution in [3.05, 3.63) is 60.2 Å². The van der Waals surface area contributed by atoms with E-state index in [2.05, 4.69) is 36.5 Å². The second-order valence-corrected chi connectivity index (χ2v) is 4.46. The molecule has 0 bridgehead atoms. The molecule has 0 saturated carbocycles. The Bertz CT molecular complexity index is 464. The molecule has 94 valence electrons. The van der Waals surface area contributed by atoms with Crippen LogP contribution >= 0.6 is 0 Å². The molecule has 0 radical (unpaired) electrons. The average Bonchev–Trinajstić information content (AvgIpc) is 2.40. The number of nitrogens with one attached hydrogen (secondary N) is 1. The van der Waals surface area contributed by atoms with E-state index >= 15 is 0 Å². The number of rotatable bonds is 5. The largest absolute Gasteiger partial charge is 0.497 e. The molecular weight excluding hydrogens is 222 g/mol. The summed E-state index contributed by atoms with van der Waals surface area (Å²) in [5, 5.41) is 3.49. The Hall–Kier alpha value is -1.96. The molecule has 1 atom stereocenters. The van der Waals surface area contributed by atoms with E-state index in [0.717, 1.165) is 17.9 Å². The highest BCUT2D eigenvalue weighted by molar-refractivity contribution is 5.47. The zero-order valence-electron chi connectivity index (χ0n) is 10.9. The van der Waals surface area contributed by atoms with Crippen LogP contribution in [0.4, 0.5) is 5.69 Å². The van der Waals surface area contributed by atoms with Crippen LogP contribution in [0.3, 0.4) is 0 Å². The van der Waals surface area contributed by atoms with Gasteiger partial charge in [0.05, 0.1) is 7.11 Å². The molecule has 0 aromatic heterocycles. The number of anilines is 1. The minimum Gasteiger partial charge on any atom is -0.497 e. The molecule has 1 unspecified atom stereocenters. The molecule has 2 rings (SSSR count). The summed E-state index contributed by atoms with van der Waals surface area (Å²) in [7, 11) is 1.68. The first-order valence-electron chi connectivity index (χ1n) is 6.22. The molecule has 2 aromatic rings. The Morgan fingerprint density at radius 2 is 1.67 bits per heavy atom. The van der Waals surface area contributed by atoms with Crippen LogP contribution in [-0.2, 0) is 6.42 Å². The standard InChI is InChI=1S/C16H19NO/c1-13(12-14-6-4-3-5-7-14)17-15-8-10-16(18-2)11-9-15/h3-11,13,17H,12H2,1-2H3. The van der Waals surface area contributed by atoms with Gasteiger partial charge in [-0.1, -0.05) is 30.3 Å². The van der Waals surface area contributed by atoms with E-state index in [4.69, 9.17) is 4.74 Å². The fraction of sp³-hybridized carbons (Fsp3) is 0.250. The van der Waals surface area contributed by atoms with Gasteiger partial charge in [0.15, 0.2) is 0 Å². The third-order valence-electron chi connectivity index (χ3n) is 2.89. The van der Waals surface area contributed by atoms with Crippen LogP contribution in [0.1, 0.15) is 12.5 Å². The number of benzene rings is 2. The summed E-state index contributed by atoms with van der Waals surface area (Å²) in [5.74, 6) is 0.885. The Balaban J connectivity index is 1.92. The number of hydrogen-bond donors (Lipinski definition) is 1. The van der Waals surface area contributed by atoms with Gasteiger partial charge in [0.2, 0.25) is 0 Å². The molecule has 2 heteroatoms. The third-order valence-corrected chi connectivity index (χ3v) is 2.89. The molecule has 18 heavy (non-hydrogen) atoms. The van der Waals surface area contributed by atoms with Crippen LogP contribution in [0, 0.1) is 0 Å². The van der Waals surface area contributed by atoms with E-state index in [1.54, 1.807) is 7.11 Å². The van der Waals surface area contributed by atoms with Gasteiger partial charge in [0.1, 0.15) is 5.75 Å². The molecule has 0 aliphatic heterocycles. The summed E-state index contributed by atoms with van der Waals surface area (Å²) < 4.78 is 5.14. The van der Waals surface area contributed by atoms with Crippen molar-refractivity contribution in [3.8, 4) is 5.75 Å². The van der Waals surface area contributed by atoms with Crippen LogP contribution in [0.2, 0.25) is 0 Å². The topological polar surface area (TPSA) is 21.3 Å². The van der Waals surface area contributed by atoms with E-state index < -0.39 is 0 Å². The lowest BCUT2D eigenvalue weighted by molar-refractivity contribution is 0.415. The summed E-state index contributed by atoms with van der Waals surface area (Å²) >= 11 is 0. The summed E-state index contributed by atoms with van der Waals surface area (Å²) in [6, 6.07) is 18.9. The lowest BCUT2D eigenvalue weighted by Gasteiger charge is -2.15. The maximum absolute atomic E-state index is 5.14. The van der Waals surface area contributed by atoms with Crippen molar-refractivity contribution >= 4 is 5.69 Å². The summed E-state index contributed by atoms with van der Waals surface area (Å²) in [6.45, 7) is 2.19. The Kier molecular flexibility index (Phi) is 4.24. The number of hydrogen-bond acceptors (Lipinski definition) is 2. The zero-order valence-corrected chi connectivity index (χ0v) is 10.9. The quantitative estimate of drug-likeness (QED) is 0.861. The van der Waals surface area contributed by atoms with Crippen LogP contribution in [0.5, 0.6) is 5.75 Å². The van der Waals surface area contributed by atoms with Crippen LogP contribution in [0.25, 0.3) is 0 Å². The van der Waals surface area contributed by atoms with Gasteiger partial charge >= 0.3 is 0 Å². The van der Waals surface area contributed by atoms with E-state index in [9.17, 15) is 0 Å². The van der Waals surface area contributed by atoms with Gasteiger partial charge in [-0.25, -0.2) is 0 Å². The maximum atomic E-state index is 5.14. The van der Waals surface area contributed by atoms with E-state index in [0.29, 0.717) is 6.04 Å². The predicted molar refractivity (Wildman–Crippen MR) is 76.2 cm³/mol. The van der Waals surface area contributed by atoms with Gasteiger partial charge in [-0.05, 0) is 43.2 Å². The summed E-state index contributed by atoms with van der Waals surface area (Å²) in [4.78, 5) is 0. The first-order chi connectivity index (χ1) is 8.78. The molecule has 0 spiro atoms. The molecule has 0 aliphatic rings. The predicted octanol–water partition coefficient (Wildman–Crippen LogP) is 3.74. The van der Waals surface area contributed by atoms with Gasteiger partial charge in [0, 0.05) is 11.7 Å². The fourth-order valence-electron chi connectivity index (χ4n) is 1.99. The summed E-state index contributed by atoms with van der Waals surface area (Å²) in [6.07, 6.45) is 1.02. The fourth-order valence-corrected chi connectivity index (χ4v) is 1.99. The van der Waals surface area contributed by atoms with Gasteiger partial charge in [-0.3, -0.25) is 0 Å². The van der Waals surface area contributed by atoms with Crippen LogP contribution in [0.15, 0.2) is 54.6 Å². The minimum atomic E-state index is 0.404. The van der Waals surface area contributed by atoms with Crippen molar-refractivity contribution in [1.29, 1.82) is 0 Å². The smallest absolute Gasteiger partial charge is 0.119 e. The molecule has 0 heterocycles. The number of ether oxygens (including phenoxy) is 1. The van der Waals surface area contributed by atoms with Crippen LogP contribution < -0.4 is 10.1 Å². The number of methoxy groups -OCH3 is 1. The molecule has 0 fully saturated rings. The van der Waals surface area contributed by atoms with Crippen molar-refractivity contribution in [1.82, 2.24) is 0 Å². The lowest BCUT2D eigenvalue weighted by atomic mass is 10.1. The molecule has 2 nitrogen and oxygen atoms in total. The molecule has 0 saturated heterocycles. The SMILES string of the molecule is COc1ccc(NC(C)Cc2ccccc2)cc1. The second kappa shape index (κ2) is 6.10. The van der Waals surface area contributed by atoms with Crippen molar-refractivity contribution in [2.45, 2.75) is 19.4 Å². The molecule has 1 N–H and O–H groups in total. The second-order valence-electron chi connectivity index (χ2n) is 4.46. The van der Waals surface area contributed by atoms with Crippen molar-refractivity contribution in [2.24, 2.45) is 0 Å². The van der Waals surface area contributed by atoms with Crippen molar-refractivity contribution in [3.63, 3.8) is 0 Å². The molecular formula is C16H19NO. The lowest BCUT2D eigenvalue weighted by Crippen LogP contribution is -2.17. The van der Waals surface area contributed by atoms with E-state index in [-0.39, 0.29) is 0 Å². The monoisotopic (exact) mass is 241 g/mol. The Morgan fingerprint density at radius 3 is 2.28 bits per heavy atom. The molecule has 0 amide bonds. The highest BCUT2D eigenvalue weighted by atomic mass is 16.5. The zero-order chi connectivity index (χ0) is 12.8. The first-order valence-corrected chi connectivity index (χ1v) is 6.22. The van der Waals surface area contributed by atoms with Crippen LogP contribution in [-0.4, -0.2) is 13.2 Å². The maximum Gasteiger partial charge on any atom is 0.119 e. The minimum absolute atomic E-state index is 0.404. The van der Waals surface area contributed by atoms with Gasteiger partial charge in [0.25, 0.3) is 0 Å². The molecule has 2 aromatic carbocycles. The van der Waals surface area contributed by atoms with Crippen molar-refractivity contribution in [2.75, 3.05) is 12.4 Å². The normalized spacial score (nSPS) is 11.9. The third kappa shape index (κ3) is 3.52. The van der Waals surface area contributed by atoms with Gasteiger partial charge in [-0.15, -0.1) is 0 Å². The highest BCUT2D eigenvalue weighted by Gasteiger charge is 2.03. The van der Waals surface area contributed by atoms with Crippen molar-refractivity contribution < 1.29 is 4.74 Å². The Labute approximate surface area is 109 Å². The van der Waals surface area contributed by atoms with Gasteiger partial charge in [-0.2, -0.15) is 0 Å². The average molecular weight is 241 g/mol. The van der Waals surface area contributed by atoms with Gasteiger partial charge < -0.3 is 10.1 Å². The molecule has 0 aliphatic carbocycles. The highest BCUT2D eigenvalue weighted by Crippen LogP contribution is 2.16. The Morgan fingerprint density at radius 1 is 1.00 bits per heavy atom. The summed E-state index contributed by atoms with van der Waals surface area (Å²) in [5.41, 5.74) is 2.48.